The Morgan fingerprint density at radius 3 is 2.50 bits per heavy atom. The van der Waals surface area contributed by atoms with Crippen LogP contribution in [0.15, 0.2) is 73.2 Å². The quantitative estimate of drug-likeness (QED) is 0.553. The smallest absolute Gasteiger partial charge is 0.142 e. The van der Waals surface area contributed by atoms with Gasteiger partial charge >= 0.3 is 0 Å². The second kappa shape index (κ2) is 5.07. The first-order valence-electron chi connectivity index (χ1n) is 6.96. The molecule has 0 aliphatic heterocycles. The van der Waals surface area contributed by atoms with Gasteiger partial charge in [-0.15, -0.1) is 0 Å². The van der Waals surface area contributed by atoms with Crippen LogP contribution in [0.25, 0.3) is 27.9 Å². The molecule has 0 N–H and O–H groups in total. The Labute approximate surface area is 126 Å². The molecule has 4 aromatic rings. The number of aromatic nitrogens is 3. The summed E-state index contributed by atoms with van der Waals surface area (Å²) < 4.78 is 15.4. The fourth-order valence-corrected chi connectivity index (χ4v) is 2.63. The van der Waals surface area contributed by atoms with Gasteiger partial charge in [-0.05, 0) is 23.8 Å². The van der Waals surface area contributed by atoms with E-state index >= 15 is 0 Å². The number of hydrogen-bond acceptors (Lipinski definition) is 2. The highest BCUT2D eigenvalue weighted by Gasteiger charge is 2.16. The van der Waals surface area contributed by atoms with Crippen molar-refractivity contribution < 1.29 is 4.39 Å². The topological polar surface area (TPSA) is 30.2 Å². The normalized spacial score (nSPS) is 11.0. The molecule has 0 fully saturated rings. The molecule has 3 aromatic heterocycles. The van der Waals surface area contributed by atoms with Crippen molar-refractivity contribution in [1.82, 2.24) is 14.6 Å². The van der Waals surface area contributed by atoms with Crippen molar-refractivity contribution in [2.45, 2.75) is 0 Å². The van der Waals surface area contributed by atoms with Crippen molar-refractivity contribution in [3.63, 3.8) is 0 Å². The second-order valence-corrected chi connectivity index (χ2v) is 5.01. The summed E-state index contributed by atoms with van der Waals surface area (Å²) in [5.74, 6) is -0.367. The maximum Gasteiger partial charge on any atom is 0.142 e. The molecule has 0 radical (unpaired) electrons. The molecular formula is C18H12FN3. The van der Waals surface area contributed by atoms with Crippen LogP contribution in [0, 0.1) is 5.82 Å². The minimum Gasteiger partial charge on any atom is -0.261 e. The number of nitrogens with zero attached hydrogens (tertiary/aromatic N) is 3. The van der Waals surface area contributed by atoms with Gasteiger partial charge in [0.2, 0.25) is 0 Å². The fraction of sp³-hybridized carbons (Fsp3) is 0. The van der Waals surface area contributed by atoms with E-state index < -0.39 is 0 Å². The number of halogens is 1. The van der Waals surface area contributed by atoms with Crippen LogP contribution in [0.2, 0.25) is 0 Å². The molecule has 0 amide bonds. The summed E-state index contributed by atoms with van der Waals surface area (Å²) in [6.45, 7) is 0. The largest absolute Gasteiger partial charge is 0.261 e. The first-order valence-corrected chi connectivity index (χ1v) is 6.96. The second-order valence-electron chi connectivity index (χ2n) is 5.01. The van der Waals surface area contributed by atoms with Gasteiger partial charge in [-0.2, -0.15) is 5.10 Å². The lowest BCUT2D eigenvalue weighted by atomic mass is 10.0. The number of rotatable bonds is 2. The van der Waals surface area contributed by atoms with Crippen molar-refractivity contribution >= 4 is 5.52 Å². The summed E-state index contributed by atoms with van der Waals surface area (Å²) in [5.41, 5.74) is 4.40. The highest BCUT2D eigenvalue weighted by Crippen LogP contribution is 2.34. The highest BCUT2D eigenvalue weighted by atomic mass is 19.1. The van der Waals surface area contributed by atoms with Gasteiger partial charge in [0.1, 0.15) is 11.5 Å². The van der Waals surface area contributed by atoms with Gasteiger partial charge in [0.05, 0.1) is 11.7 Å². The minimum absolute atomic E-state index is 0.367. The number of benzene rings is 1. The Hall–Kier alpha value is -3.01. The van der Waals surface area contributed by atoms with Crippen molar-refractivity contribution in [2.75, 3.05) is 0 Å². The van der Waals surface area contributed by atoms with Crippen LogP contribution in [-0.4, -0.2) is 14.6 Å². The molecule has 0 aliphatic rings. The van der Waals surface area contributed by atoms with Gasteiger partial charge in [0.25, 0.3) is 0 Å². The molecule has 0 unspecified atom stereocenters. The van der Waals surface area contributed by atoms with Crippen LogP contribution in [-0.2, 0) is 0 Å². The Morgan fingerprint density at radius 2 is 1.68 bits per heavy atom. The number of hydrogen-bond donors (Lipinski definition) is 0. The van der Waals surface area contributed by atoms with Crippen LogP contribution in [0.5, 0.6) is 0 Å². The summed E-state index contributed by atoms with van der Waals surface area (Å²) in [6.07, 6.45) is 4.72. The third kappa shape index (κ3) is 2.05. The van der Waals surface area contributed by atoms with E-state index in [1.165, 1.54) is 12.3 Å². The van der Waals surface area contributed by atoms with E-state index in [9.17, 15) is 4.39 Å². The van der Waals surface area contributed by atoms with Crippen LogP contribution in [0.3, 0.4) is 0 Å². The third-order valence-electron chi connectivity index (χ3n) is 3.58. The van der Waals surface area contributed by atoms with Gasteiger partial charge in [-0.3, -0.25) is 4.98 Å². The summed E-state index contributed by atoms with van der Waals surface area (Å²) >= 11 is 0. The number of pyridine rings is 2. The maximum absolute atomic E-state index is 13.5. The van der Waals surface area contributed by atoms with Crippen molar-refractivity contribution in [1.29, 1.82) is 0 Å². The van der Waals surface area contributed by atoms with Gasteiger partial charge in [-0.25, -0.2) is 8.91 Å². The molecule has 0 saturated carbocycles. The van der Waals surface area contributed by atoms with Crippen molar-refractivity contribution in [3.8, 4) is 22.4 Å². The molecule has 0 saturated heterocycles. The predicted molar refractivity (Wildman–Crippen MR) is 83.8 cm³/mol. The zero-order valence-corrected chi connectivity index (χ0v) is 11.6. The zero-order valence-electron chi connectivity index (χ0n) is 11.6. The van der Waals surface area contributed by atoms with Crippen LogP contribution < -0.4 is 0 Å². The molecule has 0 aliphatic carbocycles. The Kier molecular flexibility index (Phi) is 2.93. The Balaban J connectivity index is 2.06. The lowest BCUT2D eigenvalue weighted by Gasteiger charge is -2.03. The van der Waals surface area contributed by atoms with Gasteiger partial charge < -0.3 is 0 Å². The van der Waals surface area contributed by atoms with E-state index in [0.717, 1.165) is 22.3 Å². The van der Waals surface area contributed by atoms with Gasteiger partial charge in [-0.1, -0.05) is 36.4 Å². The maximum atomic E-state index is 13.5. The van der Waals surface area contributed by atoms with E-state index in [4.69, 9.17) is 0 Å². The molecule has 0 spiro atoms. The first-order chi connectivity index (χ1) is 10.8. The van der Waals surface area contributed by atoms with E-state index in [-0.39, 0.29) is 5.82 Å². The first kappa shape index (κ1) is 12.7. The molecular weight excluding hydrogens is 277 g/mol. The Bertz CT molecular complexity index is 945. The molecule has 1 aromatic carbocycles. The van der Waals surface area contributed by atoms with Crippen molar-refractivity contribution in [3.05, 3.63) is 79.0 Å². The monoisotopic (exact) mass is 289 g/mol. The summed E-state index contributed by atoms with van der Waals surface area (Å²) in [6, 6.07) is 17.3. The van der Waals surface area contributed by atoms with Crippen LogP contribution in [0.4, 0.5) is 4.39 Å². The minimum atomic E-state index is -0.367. The van der Waals surface area contributed by atoms with Gasteiger partial charge in [0, 0.05) is 23.5 Å². The zero-order chi connectivity index (χ0) is 14.9. The van der Waals surface area contributed by atoms with E-state index in [0.29, 0.717) is 5.56 Å². The molecule has 4 rings (SSSR count). The van der Waals surface area contributed by atoms with E-state index in [1.54, 1.807) is 6.20 Å². The predicted octanol–water partition coefficient (Wildman–Crippen LogP) is 4.20. The standard InChI is InChI=1S/C18H12FN3/c19-15-10-14(11-20-12-15)18-17(13-6-2-1-3-7-13)16-8-4-5-9-22(16)21-18/h1-12H. The Morgan fingerprint density at radius 1 is 0.864 bits per heavy atom. The van der Waals surface area contributed by atoms with E-state index in [1.807, 2.05) is 59.2 Å². The molecule has 4 heteroatoms. The molecule has 3 nitrogen and oxygen atoms in total. The molecule has 106 valence electrons. The molecule has 22 heavy (non-hydrogen) atoms. The lowest BCUT2D eigenvalue weighted by Crippen LogP contribution is -1.87. The molecule has 3 heterocycles. The summed E-state index contributed by atoms with van der Waals surface area (Å²) in [7, 11) is 0. The highest BCUT2D eigenvalue weighted by molar-refractivity contribution is 5.91. The average Bonchev–Trinajstić information content (AvgIpc) is 2.95. The summed E-state index contributed by atoms with van der Waals surface area (Å²) in [5, 5.41) is 4.61. The lowest BCUT2D eigenvalue weighted by molar-refractivity contribution is 0.622. The van der Waals surface area contributed by atoms with Crippen LogP contribution >= 0.6 is 0 Å². The van der Waals surface area contributed by atoms with Gasteiger partial charge in [0.15, 0.2) is 0 Å². The average molecular weight is 289 g/mol. The number of fused-ring (bicyclic) bond motifs is 1. The molecule has 0 atom stereocenters. The SMILES string of the molecule is Fc1cncc(-c2nn3ccccc3c2-c2ccccc2)c1. The van der Waals surface area contributed by atoms with E-state index in [2.05, 4.69) is 10.1 Å². The molecule has 0 bridgehead atoms. The third-order valence-corrected chi connectivity index (χ3v) is 3.58. The fourth-order valence-electron chi connectivity index (χ4n) is 2.63. The van der Waals surface area contributed by atoms with Crippen molar-refractivity contribution in [2.24, 2.45) is 0 Å². The summed E-state index contributed by atoms with van der Waals surface area (Å²) in [4.78, 5) is 3.94. The van der Waals surface area contributed by atoms with Crippen LogP contribution in [0.1, 0.15) is 0 Å².